The summed E-state index contributed by atoms with van der Waals surface area (Å²) in [5, 5.41) is 7.62. The van der Waals surface area contributed by atoms with Gasteiger partial charge in [-0.15, -0.1) is 0 Å². The first-order chi connectivity index (χ1) is 12.7. The zero-order valence-corrected chi connectivity index (χ0v) is 14.9. The molecular weight excluding hydrogens is 331 g/mol. The van der Waals surface area contributed by atoms with Crippen LogP contribution in [0.1, 0.15) is 31.4 Å². The summed E-state index contributed by atoms with van der Waals surface area (Å²) in [4.78, 5) is 15.0. The molecule has 138 valence electrons. The van der Waals surface area contributed by atoms with Gasteiger partial charge in [-0.05, 0) is 75.0 Å². The van der Waals surface area contributed by atoms with Crippen LogP contribution in [0.4, 0.5) is 4.39 Å². The highest BCUT2D eigenvalue weighted by atomic mass is 19.1. The van der Waals surface area contributed by atoms with Crippen molar-refractivity contribution >= 4 is 5.91 Å². The van der Waals surface area contributed by atoms with Crippen molar-refractivity contribution in [3.05, 3.63) is 48.0 Å². The molecule has 1 saturated carbocycles. The molecule has 0 spiro atoms. The second-order valence-corrected chi connectivity index (χ2v) is 7.29. The highest BCUT2D eigenvalue weighted by Gasteiger charge is 2.40. The number of nitrogens with zero attached hydrogens (tertiary/aromatic N) is 3. The van der Waals surface area contributed by atoms with Crippen molar-refractivity contribution < 1.29 is 9.18 Å². The predicted octanol–water partition coefficient (Wildman–Crippen LogP) is 2.54. The van der Waals surface area contributed by atoms with E-state index in [4.69, 9.17) is 0 Å². The number of benzene rings is 1. The third-order valence-corrected chi connectivity index (χ3v) is 5.29. The molecule has 1 aromatic carbocycles. The predicted molar refractivity (Wildman–Crippen MR) is 97.6 cm³/mol. The second-order valence-electron chi connectivity index (χ2n) is 7.29. The smallest absolute Gasteiger partial charge is 0.237 e. The number of hydrogen-bond donors (Lipinski definition) is 1. The number of nitrogens with one attached hydrogen (secondary N) is 1. The van der Waals surface area contributed by atoms with Crippen molar-refractivity contribution in [3.8, 4) is 5.69 Å². The molecule has 1 aliphatic carbocycles. The molecule has 0 radical (unpaired) electrons. The molecule has 2 aliphatic rings. The number of carbonyl (C=O) groups is 1. The maximum absolute atomic E-state index is 13.0. The Bertz CT molecular complexity index is 747. The Morgan fingerprint density at radius 1 is 1.19 bits per heavy atom. The van der Waals surface area contributed by atoms with Gasteiger partial charge in [-0.1, -0.05) is 0 Å². The quantitative estimate of drug-likeness (QED) is 0.829. The molecule has 2 aromatic rings. The lowest BCUT2D eigenvalue weighted by molar-refractivity contribution is -0.126. The monoisotopic (exact) mass is 356 g/mol. The van der Waals surface area contributed by atoms with Gasteiger partial charge in [0.1, 0.15) is 5.82 Å². The minimum Gasteiger partial charge on any atom is -0.354 e. The lowest BCUT2D eigenvalue weighted by atomic mass is 10.1. The SMILES string of the molecule is O=C(NCCc1ccn(-c2ccc(F)cc2)n1)[C@H](C1CC1)N1CCCC1. The number of hydrogen-bond acceptors (Lipinski definition) is 3. The Hall–Kier alpha value is -2.21. The van der Waals surface area contributed by atoms with E-state index in [0.29, 0.717) is 18.9 Å². The first kappa shape index (κ1) is 17.2. The van der Waals surface area contributed by atoms with Gasteiger partial charge in [0, 0.05) is 19.2 Å². The standard InChI is InChI=1S/C20H25FN4O/c21-16-5-7-18(8-6-16)25-14-10-17(23-25)9-11-22-20(26)19(15-3-4-15)24-12-1-2-13-24/h5-8,10,14-15,19H,1-4,9,11-13H2,(H,22,26)/t19-/m0/s1. The van der Waals surface area contributed by atoms with Gasteiger partial charge in [-0.3, -0.25) is 9.69 Å². The minimum absolute atomic E-state index is 0.0641. The second kappa shape index (κ2) is 7.58. The van der Waals surface area contributed by atoms with Crippen molar-refractivity contribution in [1.29, 1.82) is 0 Å². The summed E-state index contributed by atoms with van der Waals surface area (Å²) in [6, 6.07) is 8.25. The molecule has 1 aliphatic heterocycles. The summed E-state index contributed by atoms with van der Waals surface area (Å²) in [5.41, 5.74) is 1.74. The molecule has 26 heavy (non-hydrogen) atoms. The Morgan fingerprint density at radius 3 is 2.62 bits per heavy atom. The van der Waals surface area contributed by atoms with Gasteiger partial charge in [0.05, 0.1) is 17.4 Å². The largest absolute Gasteiger partial charge is 0.354 e. The summed E-state index contributed by atoms with van der Waals surface area (Å²) in [7, 11) is 0. The molecule has 1 amide bonds. The van der Waals surface area contributed by atoms with Crippen LogP contribution in [0.3, 0.4) is 0 Å². The molecular formula is C20H25FN4O. The lowest BCUT2D eigenvalue weighted by Crippen LogP contribution is -2.47. The van der Waals surface area contributed by atoms with Crippen molar-refractivity contribution in [2.45, 2.75) is 38.1 Å². The van der Waals surface area contributed by atoms with E-state index in [1.165, 1.54) is 37.8 Å². The number of halogens is 1. The van der Waals surface area contributed by atoms with E-state index >= 15 is 0 Å². The average molecular weight is 356 g/mol. The van der Waals surface area contributed by atoms with Gasteiger partial charge in [-0.2, -0.15) is 5.10 Å². The zero-order chi connectivity index (χ0) is 17.9. The summed E-state index contributed by atoms with van der Waals surface area (Å²) in [6.07, 6.45) is 7.32. The van der Waals surface area contributed by atoms with Crippen LogP contribution < -0.4 is 5.32 Å². The summed E-state index contributed by atoms with van der Waals surface area (Å²) in [6.45, 7) is 2.70. The van der Waals surface area contributed by atoms with Crippen LogP contribution >= 0.6 is 0 Å². The molecule has 1 N–H and O–H groups in total. The van der Waals surface area contributed by atoms with E-state index in [0.717, 1.165) is 24.5 Å². The Morgan fingerprint density at radius 2 is 1.92 bits per heavy atom. The van der Waals surface area contributed by atoms with Gasteiger partial charge in [0.15, 0.2) is 0 Å². The highest BCUT2D eigenvalue weighted by Crippen LogP contribution is 2.36. The maximum Gasteiger partial charge on any atom is 0.237 e. The molecule has 6 heteroatoms. The molecule has 1 atom stereocenters. The van der Waals surface area contributed by atoms with Crippen LogP contribution in [0, 0.1) is 11.7 Å². The first-order valence-corrected chi connectivity index (χ1v) is 9.53. The molecule has 2 heterocycles. The van der Waals surface area contributed by atoms with E-state index in [-0.39, 0.29) is 17.8 Å². The van der Waals surface area contributed by atoms with E-state index in [1.807, 2.05) is 12.3 Å². The van der Waals surface area contributed by atoms with E-state index < -0.39 is 0 Å². The van der Waals surface area contributed by atoms with Crippen molar-refractivity contribution in [2.75, 3.05) is 19.6 Å². The van der Waals surface area contributed by atoms with E-state index in [9.17, 15) is 9.18 Å². The van der Waals surface area contributed by atoms with Gasteiger partial charge in [0.25, 0.3) is 0 Å². The fourth-order valence-electron chi connectivity index (χ4n) is 3.76. The number of carbonyl (C=O) groups excluding carboxylic acids is 1. The number of amides is 1. The number of aromatic nitrogens is 2. The van der Waals surface area contributed by atoms with Gasteiger partial charge in [0.2, 0.25) is 5.91 Å². The van der Waals surface area contributed by atoms with Crippen molar-refractivity contribution in [3.63, 3.8) is 0 Å². The number of likely N-dealkylation sites (tertiary alicyclic amines) is 1. The molecule has 5 nitrogen and oxygen atoms in total. The molecule has 4 rings (SSSR count). The number of rotatable bonds is 7. The summed E-state index contributed by atoms with van der Waals surface area (Å²) in [5.74, 6) is 0.463. The molecule has 0 unspecified atom stereocenters. The van der Waals surface area contributed by atoms with Crippen LogP contribution in [0.15, 0.2) is 36.5 Å². The van der Waals surface area contributed by atoms with Crippen LogP contribution in [0.2, 0.25) is 0 Å². The van der Waals surface area contributed by atoms with Gasteiger partial charge >= 0.3 is 0 Å². The lowest BCUT2D eigenvalue weighted by Gasteiger charge is -2.26. The first-order valence-electron chi connectivity index (χ1n) is 9.53. The third kappa shape index (κ3) is 3.96. The van der Waals surface area contributed by atoms with Crippen molar-refractivity contribution in [2.24, 2.45) is 5.92 Å². The fraction of sp³-hybridized carbons (Fsp3) is 0.500. The van der Waals surface area contributed by atoms with Crippen LogP contribution in [0.25, 0.3) is 5.69 Å². The molecule has 1 saturated heterocycles. The van der Waals surface area contributed by atoms with E-state index in [2.05, 4.69) is 15.3 Å². The molecule has 0 bridgehead atoms. The normalized spacial score (nSPS) is 18.8. The summed E-state index contributed by atoms with van der Waals surface area (Å²) < 4.78 is 14.7. The van der Waals surface area contributed by atoms with Gasteiger partial charge < -0.3 is 5.32 Å². The average Bonchev–Trinajstić information content (AvgIpc) is 3.12. The highest BCUT2D eigenvalue weighted by molar-refractivity contribution is 5.82. The van der Waals surface area contributed by atoms with Crippen LogP contribution in [0.5, 0.6) is 0 Å². The Labute approximate surface area is 153 Å². The van der Waals surface area contributed by atoms with Crippen LogP contribution in [-0.2, 0) is 11.2 Å². The van der Waals surface area contributed by atoms with Crippen molar-refractivity contribution in [1.82, 2.24) is 20.0 Å². The summed E-state index contributed by atoms with van der Waals surface area (Å²) >= 11 is 0. The Balaban J connectivity index is 1.30. The zero-order valence-electron chi connectivity index (χ0n) is 14.9. The Kier molecular flexibility index (Phi) is 5.02. The third-order valence-electron chi connectivity index (χ3n) is 5.29. The minimum atomic E-state index is -0.257. The fourth-order valence-corrected chi connectivity index (χ4v) is 3.76. The van der Waals surface area contributed by atoms with Crippen LogP contribution in [-0.4, -0.2) is 46.3 Å². The van der Waals surface area contributed by atoms with E-state index in [1.54, 1.807) is 16.8 Å². The topological polar surface area (TPSA) is 50.2 Å². The maximum atomic E-state index is 13.0. The van der Waals surface area contributed by atoms with Gasteiger partial charge in [-0.25, -0.2) is 9.07 Å². The molecule has 2 fully saturated rings. The molecule has 1 aromatic heterocycles.